The van der Waals surface area contributed by atoms with Gasteiger partial charge in [0.05, 0.1) is 22.2 Å². The highest BCUT2D eigenvalue weighted by atomic mass is 16.7. The lowest BCUT2D eigenvalue weighted by atomic mass is 9.79. The molecule has 8 aromatic rings. The van der Waals surface area contributed by atoms with Crippen molar-refractivity contribution in [3.05, 3.63) is 133 Å². The molecule has 47 heavy (non-hydrogen) atoms. The number of nitrogens with zero attached hydrogens (tertiary/aromatic N) is 1. The highest BCUT2D eigenvalue weighted by Crippen LogP contribution is 2.39. The monoisotopic (exact) mass is 611 g/mol. The molecule has 0 aliphatic carbocycles. The zero-order valence-corrected chi connectivity index (χ0v) is 27.0. The Bertz CT molecular complexity index is 2470. The van der Waals surface area contributed by atoms with Crippen molar-refractivity contribution in [3.8, 4) is 27.9 Å². The molecule has 1 aliphatic heterocycles. The van der Waals surface area contributed by atoms with Crippen molar-refractivity contribution < 1.29 is 13.7 Å². The number of furan rings is 1. The summed E-state index contributed by atoms with van der Waals surface area (Å²) in [6, 6.07) is 47.4. The van der Waals surface area contributed by atoms with Gasteiger partial charge in [0.25, 0.3) is 0 Å². The van der Waals surface area contributed by atoms with Gasteiger partial charge in [-0.2, -0.15) is 0 Å². The van der Waals surface area contributed by atoms with Gasteiger partial charge in [0.2, 0.25) is 0 Å². The van der Waals surface area contributed by atoms with Gasteiger partial charge in [-0.25, -0.2) is 0 Å². The third-order valence-corrected chi connectivity index (χ3v) is 10.2. The molecule has 6 aromatic carbocycles. The minimum atomic E-state index is -0.429. The summed E-state index contributed by atoms with van der Waals surface area (Å²) >= 11 is 0. The van der Waals surface area contributed by atoms with Gasteiger partial charge in [0, 0.05) is 27.2 Å². The van der Waals surface area contributed by atoms with Crippen LogP contribution in [0.15, 0.2) is 138 Å². The van der Waals surface area contributed by atoms with E-state index in [9.17, 15) is 0 Å². The number of benzene rings is 6. The van der Waals surface area contributed by atoms with Crippen molar-refractivity contribution in [3.63, 3.8) is 0 Å². The lowest BCUT2D eigenvalue weighted by molar-refractivity contribution is 0.00578. The summed E-state index contributed by atoms with van der Waals surface area (Å²) < 4.78 is 21.6. The van der Waals surface area contributed by atoms with Gasteiger partial charge in [0.15, 0.2) is 0 Å². The molecule has 0 radical (unpaired) electrons. The highest BCUT2D eigenvalue weighted by Gasteiger charge is 2.51. The van der Waals surface area contributed by atoms with Crippen LogP contribution >= 0.6 is 0 Å². The Morgan fingerprint density at radius 1 is 0.468 bits per heavy atom. The Hall–Kier alpha value is -5.10. The first-order valence-corrected chi connectivity index (χ1v) is 16.3. The van der Waals surface area contributed by atoms with Crippen LogP contribution in [0, 0.1) is 0 Å². The molecule has 1 fully saturated rings. The minimum Gasteiger partial charge on any atom is -0.456 e. The third kappa shape index (κ3) is 4.45. The second-order valence-electron chi connectivity index (χ2n) is 13.7. The van der Waals surface area contributed by atoms with Crippen LogP contribution in [0.1, 0.15) is 27.7 Å². The Morgan fingerprint density at radius 2 is 1.13 bits per heavy atom. The van der Waals surface area contributed by atoms with Crippen molar-refractivity contribution in [2.45, 2.75) is 38.9 Å². The van der Waals surface area contributed by atoms with E-state index < -0.39 is 18.3 Å². The maximum absolute atomic E-state index is 6.44. The van der Waals surface area contributed by atoms with Crippen LogP contribution in [-0.2, 0) is 9.31 Å². The first kappa shape index (κ1) is 28.2. The smallest absolute Gasteiger partial charge is 0.456 e. The van der Waals surface area contributed by atoms with Crippen LogP contribution in [0.5, 0.6) is 0 Å². The predicted octanol–water partition coefficient (Wildman–Crippen LogP) is 10.3. The van der Waals surface area contributed by atoms with E-state index >= 15 is 0 Å². The normalized spacial score (nSPS) is 15.8. The number of fused-ring (bicyclic) bond motifs is 6. The van der Waals surface area contributed by atoms with Crippen LogP contribution in [0.25, 0.3) is 71.7 Å². The minimum absolute atomic E-state index is 0.404. The SMILES string of the molecule is CC1(C)OB(c2ccc3c4ccccc4n(-c4cccc(-c5ccc6c(c5)oc5ccc(-c7ccccc7)cc56)c4)c3c2)OC1(C)C. The number of rotatable bonds is 4. The first-order valence-electron chi connectivity index (χ1n) is 16.3. The maximum Gasteiger partial charge on any atom is 0.494 e. The van der Waals surface area contributed by atoms with E-state index in [0.29, 0.717) is 0 Å². The fraction of sp³-hybridized carbons (Fsp3) is 0.143. The number of hydrogen-bond donors (Lipinski definition) is 0. The maximum atomic E-state index is 6.44. The van der Waals surface area contributed by atoms with E-state index in [2.05, 4.69) is 160 Å². The molecule has 0 unspecified atom stereocenters. The lowest BCUT2D eigenvalue weighted by Crippen LogP contribution is -2.41. The summed E-state index contributed by atoms with van der Waals surface area (Å²) in [6.07, 6.45) is 0. The van der Waals surface area contributed by atoms with Gasteiger partial charge in [-0.3, -0.25) is 0 Å². The van der Waals surface area contributed by atoms with Crippen LogP contribution in [-0.4, -0.2) is 22.9 Å². The molecule has 0 amide bonds. The van der Waals surface area contributed by atoms with Crippen molar-refractivity contribution in [1.82, 2.24) is 4.57 Å². The van der Waals surface area contributed by atoms with Crippen LogP contribution in [0.3, 0.4) is 0 Å². The van der Waals surface area contributed by atoms with Crippen molar-refractivity contribution in [2.24, 2.45) is 0 Å². The standard InChI is InChI=1S/C42H34BNO3/c1-41(2)42(3,4)47-43(46-41)31-19-21-34-33-15-8-9-16-37(33)44(38(34)26-31)32-14-10-13-28(23-32)30-17-20-35-36-24-29(27-11-6-5-7-12-27)18-22-39(36)45-40(35)25-30/h5-26H,1-4H3. The highest BCUT2D eigenvalue weighted by molar-refractivity contribution is 6.62. The molecule has 0 spiro atoms. The summed E-state index contributed by atoms with van der Waals surface area (Å²) in [7, 11) is -0.429. The Morgan fingerprint density at radius 3 is 1.96 bits per heavy atom. The molecular formula is C42H34BNO3. The molecule has 3 heterocycles. The summed E-state index contributed by atoms with van der Waals surface area (Å²) in [5, 5.41) is 4.66. The molecule has 1 saturated heterocycles. The Labute approximate surface area is 274 Å². The quantitative estimate of drug-likeness (QED) is 0.186. The summed E-state index contributed by atoms with van der Waals surface area (Å²) in [5.41, 5.74) is 9.99. The molecule has 0 atom stereocenters. The van der Waals surface area contributed by atoms with Gasteiger partial charge in [-0.15, -0.1) is 0 Å². The van der Waals surface area contributed by atoms with E-state index in [0.717, 1.165) is 55.2 Å². The Balaban J connectivity index is 1.15. The second-order valence-corrected chi connectivity index (χ2v) is 13.7. The van der Waals surface area contributed by atoms with E-state index in [-0.39, 0.29) is 0 Å². The molecular weight excluding hydrogens is 577 g/mol. The van der Waals surface area contributed by atoms with Crippen molar-refractivity contribution in [1.29, 1.82) is 0 Å². The summed E-state index contributed by atoms with van der Waals surface area (Å²) in [5.74, 6) is 0. The average molecular weight is 612 g/mol. The van der Waals surface area contributed by atoms with Crippen molar-refractivity contribution >= 4 is 56.3 Å². The first-order chi connectivity index (χ1) is 22.8. The molecule has 0 saturated carbocycles. The zero-order chi connectivity index (χ0) is 31.9. The second kappa shape index (κ2) is 10.2. The van der Waals surface area contributed by atoms with Crippen LogP contribution in [0.4, 0.5) is 0 Å². The lowest BCUT2D eigenvalue weighted by Gasteiger charge is -2.32. The van der Waals surface area contributed by atoms with E-state index in [1.807, 2.05) is 6.07 Å². The number of aromatic nitrogens is 1. The number of hydrogen-bond acceptors (Lipinski definition) is 3. The topological polar surface area (TPSA) is 36.5 Å². The molecule has 0 N–H and O–H groups in total. The van der Waals surface area contributed by atoms with Gasteiger partial charge < -0.3 is 18.3 Å². The average Bonchev–Trinajstić information content (AvgIpc) is 3.69. The summed E-state index contributed by atoms with van der Waals surface area (Å²) in [4.78, 5) is 0. The summed E-state index contributed by atoms with van der Waals surface area (Å²) in [6.45, 7) is 8.38. The van der Waals surface area contributed by atoms with Crippen LogP contribution in [0.2, 0.25) is 0 Å². The van der Waals surface area contributed by atoms with E-state index in [4.69, 9.17) is 13.7 Å². The zero-order valence-electron chi connectivity index (χ0n) is 27.0. The molecule has 228 valence electrons. The molecule has 0 bridgehead atoms. The fourth-order valence-corrected chi connectivity index (χ4v) is 6.98. The fourth-order valence-electron chi connectivity index (χ4n) is 6.98. The van der Waals surface area contributed by atoms with Crippen molar-refractivity contribution in [2.75, 3.05) is 0 Å². The molecule has 4 nitrogen and oxygen atoms in total. The van der Waals surface area contributed by atoms with Gasteiger partial charge >= 0.3 is 7.12 Å². The Kier molecular flexibility index (Phi) is 6.11. The number of para-hydroxylation sites is 1. The van der Waals surface area contributed by atoms with Gasteiger partial charge in [-0.1, -0.05) is 84.9 Å². The predicted molar refractivity (Wildman–Crippen MR) is 195 cm³/mol. The molecule has 9 rings (SSSR count). The van der Waals surface area contributed by atoms with E-state index in [1.54, 1.807) is 0 Å². The third-order valence-electron chi connectivity index (χ3n) is 10.2. The van der Waals surface area contributed by atoms with E-state index in [1.165, 1.54) is 21.9 Å². The van der Waals surface area contributed by atoms with Crippen LogP contribution < -0.4 is 5.46 Å². The van der Waals surface area contributed by atoms with Gasteiger partial charge in [-0.05, 0) is 104 Å². The largest absolute Gasteiger partial charge is 0.494 e. The molecule has 5 heteroatoms. The molecule has 2 aromatic heterocycles. The van der Waals surface area contributed by atoms with Gasteiger partial charge in [0.1, 0.15) is 11.2 Å². The molecule has 1 aliphatic rings.